The van der Waals surface area contributed by atoms with Crippen molar-refractivity contribution in [1.82, 2.24) is 4.90 Å². The van der Waals surface area contributed by atoms with Gasteiger partial charge in [-0.2, -0.15) is 0 Å². The van der Waals surface area contributed by atoms with Gasteiger partial charge in [0.1, 0.15) is 0 Å². The van der Waals surface area contributed by atoms with Crippen LogP contribution < -0.4 is 0 Å². The van der Waals surface area contributed by atoms with E-state index >= 15 is 0 Å². The Bertz CT molecular complexity index is 397. The molecule has 0 heterocycles. The maximum Gasteiger partial charge on any atom is 0.269 e. The first kappa shape index (κ1) is 13.3. The smallest absolute Gasteiger partial charge is 0.269 e. The molecular formula is C12H16N2O3. The number of likely N-dealkylation sites (N-methyl/N-ethyl adjacent to an activating group) is 1. The Morgan fingerprint density at radius 2 is 1.76 bits per heavy atom. The summed E-state index contributed by atoms with van der Waals surface area (Å²) in [6.07, 6.45) is 0. The van der Waals surface area contributed by atoms with Crippen LogP contribution in [0.25, 0.3) is 0 Å². The van der Waals surface area contributed by atoms with Crippen molar-refractivity contribution in [3.63, 3.8) is 0 Å². The van der Waals surface area contributed by atoms with Gasteiger partial charge in [0.05, 0.1) is 11.5 Å². The van der Waals surface area contributed by atoms with Crippen molar-refractivity contribution in [2.75, 3.05) is 19.6 Å². The average Bonchev–Trinajstić information content (AvgIpc) is 2.35. The predicted molar refractivity (Wildman–Crippen MR) is 65.2 cm³/mol. The number of Topliss-reactive ketones (excluding diaryl/α,β-unsaturated/α-hetero) is 1. The van der Waals surface area contributed by atoms with Crippen molar-refractivity contribution in [2.24, 2.45) is 0 Å². The first-order chi connectivity index (χ1) is 8.08. The number of nitro benzene ring substituents is 1. The fraction of sp³-hybridized carbons (Fsp3) is 0.417. The number of nitro groups is 1. The molecular weight excluding hydrogens is 220 g/mol. The quantitative estimate of drug-likeness (QED) is 0.431. The number of carbonyl (C=O) groups is 1. The summed E-state index contributed by atoms with van der Waals surface area (Å²) in [7, 11) is 0. The van der Waals surface area contributed by atoms with Crippen LogP contribution in [0.1, 0.15) is 24.2 Å². The van der Waals surface area contributed by atoms with E-state index in [2.05, 4.69) is 0 Å². The Balaban J connectivity index is 2.73. The van der Waals surface area contributed by atoms with Crippen LogP contribution in [-0.2, 0) is 0 Å². The molecule has 5 nitrogen and oxygen atoms in total. The van der Waals surface area contributed by atoms with Gasteiger partial charge >= 0.3 is 0 Å². The Labute approximate surface area is 100 Å². The zero-order valence-corrected chi connectivity index (χ0v) is 10.0. The Hall–Kier alpha value is -1.75. The van der Waals surface area contributed by atoms with Gasteiger partial charge in [-0.3, -0.25) is 19.8 Å². The molecule has 0 spiro atoms. The third kappa shape index (κ3) is 3.64. The number of carbonyl (C=O) groups excluding carboxylic acids is 1. The number of ketones is 1. The Morgan fingerprint density at radius 3 is 2.18 bits per heavy atom. The van der Waals surface area contributed by atoms with Crippen LogP contribution in [0.15, 0.2) is 24.3 Å². The molecule has 0 fully saturated rings. The van der Waals surface area contributed by atoms with E-state index in [1.165, 1.54) is 24.3 Å². The molecule has 0 bridgehead atoms. The molecule has 92 valence electrons. The Morgan fingerprint density at radius 1 is 1.24 bits per heavy atom. The zero-order valence-electron chi connectivity index (χ0n) is 10.0. The highest BCUT2D eigenvalue weighted by Gasteiger charge is 2.11. The van der Waals surface area contributed by atoms with E-state index in [0.29, 0.717) is 12.1 Å². The first-order valence-electron chi connectivity index (χ1n) is 5.58. The third-order valence-electron chi connectivity index (χ3n) is 2.66. The maximum absolute atomic E-state index is 11.8. The van der Waals surface area contributed by atoms with Crippen LogP contribution in [0.3, 0.4) is 0 Å². The van der Waals surface area contributed by atoms with Crippen molar-refractivity contribution >= 4 is 11.5 Å². The lowest BCUT2D eigenvalue weighted by molar-refractivity contribution is -0.384. The normalized spacial score (nSPS) is 10.5. The molecule has 0 saturated carbocycles. The van der Waals surface area contributed by atoms with Gasteiger partial charge in [0.2, 0.25) is 0 Å². The van der Waals surface area contributed by atoms with E-state index in [1.54, 1.807) is 0 Å². The minimum atomic E-state index is -0.474. The highest BCUT2D eigenvalue weighted by Crippen LogP contribution is 2.12. The lowest BCUT2D eigenvalue weighted by Crippen LogP contribution is -2.29. The molecule has 0 N–H and O–H groups in total. The van der Waals surface area contributed by atoms with Gasteiger partial charge in [0.15, 0.2) is 5.78 Å². The summed E-state index contributed by atoms with van der Waals surface area (Å²) in [5.74, 6) is -0.0106. The molecule has 0 unspecified atom stereocenters. The number of nitrogens with zero attached hydrogens (tertiary/aromatic N) is 2. The van der Waals surface area contributed by atoms with Gasteiger partial charge in [-0.15, -0.1) is 0 Å². The molecule has 0 amide bonds. The molecule has 0 aliphatic carbocycles. The summed E-state index contributed by atoms with van der Waals surface area (Å²) in [6, 6.07) is 5.72. The minimum absolute atomic E-state index is 0.00406. The largest absolute Gasteiger partial charge is 0.296 e. The van der Waals surface area contributed by atoms with Crippen LogP contribution in [-0.4, -0.2) is 35.2 Å². The molecule has 0 aliphatic heterocycles. The summed E-state index contributed by atoms with van der Waals surface area (Å²) < 4.78 is 0. The van der Waals surface area contributed by atoms with Gasteiger partial charge in [0, 0.05) is 17.7 Å². The van der Waals surface area contributed by atoms with E-state index < -0.39 is 4.92 Å². The molecule has 5 heteroatoms. The second-order valence-corrected chi connectivity index (χ2v) is 3.69. The molecule has 17 heavy (non-hydrogen) atoms. The van der Waals surface area contributed by atoms with E-state index in [9.17, 15) is 14.9 Å². The van der Waals surface area contributed by atoms with Gasteiger partial charge < -0.3 is 0 Å². The first-order valence-corrected chi connectivity index (χ1v) is 5.58. The van der Waals surface area contributed by atoms with Crippen molar-refractivity contribution in [3.05, 3.63) is 39.9 Å². The summed E-state index contributed by atoms with van der Waals surface area (Å²) in [5.41, 5.74) is 0.520. The average molecular weight is 236 g/mol. The summed E-state index contributed by atoms with van der Waals surface area (Å²) in [4.78, 5) is 23.8. The van der Waals surface area contributed by atoms with Gasteiger partial charge in [-0.1, -0.05) is 13.8 Å². The van der Waals surface area contributed by atoms with E-state index in [0.717, 1.165) is 13.1 Å². The third-order valence-corrected chi connectivity index (χ3v) is 2.66. The lowest BCUT2D eigenvalue weighted by Gasteiger charge is -2.16. The fourth-order valence-corrected chi connectivity index (χ4v) is 1.51. The number of hydrogen-bond acceptors (Lipinski definition) is 4. The topological polar surface area (TPSA) is 63.5 Å². The van der Waals surface area contributed by atoms with Crippen molar-refractivity contribution in [3.8, 4) is 0 Å². The number of hydrogen-bond donors (Lipinski definition) is 0. The standard InChI is InChI=1S/C12H16N2O3/c1-3-13(4-2)9-12(15)10-5-7-11(8-6-10)14(16)17/h5-8H,3-4,9H2,1-2H3. The molecule has 0 aromatic heterocycles. The van der Waals surface area contributed by atoms with Crippen LogP contribution in [0.2, 0.25) is 0 Å². The number of benzene rings is 1. The van der Waals surface area contributed by atoms with Gasteiger partial charge in [-0.25, -0.2) is 0 Å². The van der Waals surface area contributed by atoms with Crippen molar-refractivity contribution < 1.29 is 9.72 Å². The molecule has 0 saturated heterocycles. The number of non-ortho nitro benzene ring substituents is 1. The maximum atomic E-state index is 11.8. The monoisotopic (exact) mass is 236 g/mol. The van der Waals surface area contributed by atoms with Crippen LogP contribution in [0.4, 0.5) is 5.69 Å². The van der Waals surface area contributed by atoms with Gasteiger partial charge in [-0.05, 0) is 25.2 Å². The zero-order chi connectivity index (χ0) is 12.8. The van der Waals surface area contributed by atoms with E-state index in [-0.39, 0.29) is 11.5 Å². The van der Waals surface area contributed by atoms with Crippen molar-refractivity contribution in [2.45, 2.75) is 13.8 Å². The predicted octanol–water partition coefficient (Wildman–Crippen LogP) is 2.12. The second kappa shape index (κ2) is 6.10. The van der Waals surface area contributed by atoms with E-state index in [4.69, 9.17) is 0 Å². The molecule has 1 rings (SSSR count). The lowest BCUT2D eigenvalue weighted by atomic mass is 10.1. The highest BCUT2D eigenvalue weighted by molar-refractivity contribution is 5.97. The van der Waals surface area contributed by atoms with Crippen LogP contribution in [0, 0.1) is 10.1 Å². The number of rotatable bonds is 6. The van der Waals surface area contributed by atoms with Crippen molar-refractivity contribution in [1.29, 1.82) is 0 Å². The summed E-state index contributed by atoms with van der Waals surface area (Å²) in [5, 5.41) is 10.5. The minimum Gasteiger partial charge on any atom is -0.296 e. The summed E-state index contributed by atoms with van der Waals surface area (Å²) >= 11 is 0. The highest BCUT2D eigenvalue weighted by atomic mass is 16.6. The summed E-state index contributed by atoms with van der Waals surface area (Å²) in [6.45, 7) is 5.97. The van der Waals surface area contributed by atoms with E-state index in [1.807, 2.05) is 18.7 Å². The second-order valence-electron chi connectivity index (χ2n) is 3.69. The molecule has 1 aromatic rings. The van der Waals surface area contributed by atoms with Crippen LogP contribution >= 0.6 is 0 Å². The molecule has 0 atom stereocenters. The molecule has 0 aliphatic rings. The van der Waals surface area contributed by atoms with Crippen LogP contribution in [0.5, 0.6) is 0 Å². The molecule has 0 radical (unpaired) electrons. The van der Waals surface area contributed by atoms with Gasteiger partial charge in [0.25, 0.3) is 5.69 Å². The molecule has 1 aromatic carbocycles. The fourth-order valence-electron chi connectivity index (χ4n) is 1.51. The Kier molecular flexibility index (Phi) is 4.78. The SMILES string of the molecule is CCN(CC)CC(=O)c1ccc([N+](=O)[O-])cc1.